The van der Waals surface area contributed by atoms with Crippen LogP contribution in [-0.4, -0.2) is 18.5 Å². The lowest BCUT2D eigenvalue weighted by Crippen LogP contribution is -2.27. The van der Waals surface area contributed by atoms with Crippen molar-refractivity contribution < 1.29 is 17.2 Å². The van der Waals surface area contributed by atoms with Crippen molar-refractivity contribution in [3.05, 3.63) is 90.1 Å². The summed E-state index contributed by atoms with van der Waals surface area (Å²) in [5, 5.41) is 4.32. The zero-order valence-electron chi connectivity index (χ0n) is 13.6. The summed E-state index contributed by atoms with van der Waals surface area (Å²) in [6.45, 7) is 0. The Balaban J connectivity index is 1.80. The van der Waals surface area contributed by atoms with E-state index in [9.17, 15) is 12.8 Å². The summed E-state index contributed by atoms with van der Waals surface area (Å²) < 4.78 is 46.2. The molecule has 1 atom stereocenters. The molecule has 5 nitrogen and oxygen atoms in total. The highest BCUT2D eigenvalue weighted by Crippen LogP contribution is 2.37. The van der Waals surface area contributed by atoms with Gasteiger partial charge in [0.05, 0.1) is 16.9 Å². The number of rotatable bonds is 4. The predicted molar refractivity (Wildman–Crippen MR) is 94.5 cm³/mol. The molecule has 0 spiro atoms. The average molecular weight is 370 g/mol. The minimum absolute atomic E-state index is 0.140. The lowest BCUT2D eigenvalue weighted by molar-refractivity contribution is 0.320. The van der Waals surface area contributed by atoms with Gasteiger partial charge in [0.15, 0.2) is 0 Å². The molecule has 0 aliphatic carbocycles. The first kappa shape index (κ1) is 16.5. The van der Waals surface area contributed by atoms with Crippen LogP contribution in [0.5, 0.6) is 0 Å². The number of nitrogens with zero attached hydrogens (tertiary/aromatic N) is 2. The van der Waals surface area contributed by atoms with Crippen molar-refractivity contribution in [1.82, 2.24) is 4.41 Å². The molecule has 26 heavy (non-hydrogen) atoms. The second-order valence-corrected chi connectivity index (χ2v) is 7.68. The number of sulfonamides is 1. The van der Waals surface area contributed by atoms with Crippen LogP contribution in [0, 0.1) is 5.82 Å². The van der Waals surface area contributed by atoms with Gasteiger partial charge in [-0.15, -0.1) is 0 Å². The lowest BCUT2D eigenvalue weighted by atomic mass is 10.0. The molecule has 1 aliphatic heterocycles. The zero-order chi connectivity index (χ0) is 18.1. The Bertz CT molecular complexity index is 1050. The molecule has 132 valence electrons. The number of hydrogen-bond donors (Lipinski definition) is 0. The molecule has 1 aromatic heterocycles. The van der Waals surface area contributed by atoms with Crippen molar-refractivity contribution in [2.24, 2.45) is 5.10 Å². The van der Waals surface area contributed by atoms with Crippen LogP contribution in [0.25, 0.3) is 0 Å². The summed E-state index contributed by atoms with van der Waals surface area (Å²) in [5.41, 5.74) is 1.04. The molecule has 0 N–H and O–H groups in total. The fourth-order valence-electron chi connectivity index (χ4n) is 2.95. The van der Waals surface area contributed by atoms with Gasteiger partial charge in [-0.3, -0.25) is 0 Å². The van der Waals surface area contributed by atoms with Crippen LogP contribution in [0.1, 0.15) is 23.8 Å². The summed E-state index contributed by atoms with van der Waals surface area (Å²) in [6.07, 6.45) is 1.78. The van der Waals surface area contributed by atoms with Crippen molar-refractivity contribution in [3.8, 4) is 0 Å². The van der Waals surface area contributed by atoms with Crippen LogP contribution in [-0.2, 0) is 10.0 Å². The minimum atomic E-state index is -3.87. The normalized spacial score (nSPS) is 17.3. The SMILES string of the molecule is O=S(=O)(c1ccccc1)N1N=C(c2cccc(F)c2)C[C@@H]1c1ccco1. The van der Waals surface area contributed by atoms with Gasteiger partial charge < -0.3 is 4.42 Å². The molecule has 0 fully saturated rings. The molecule has 1 aliphatic rings. The molecular formula is C19H15FN2O3S. The molecule has 0 saturated heterocycles. The summed E-state index contributed by atoms with van der Waals surface area (Å²) in [5.74, 6) is 0.0868. The second-order valence-electron chi connectivity index (χ2n) is 5.88. The molecule has 0 unspecified atom stereocenters. The van der Waals surface area contributed by atoms with E-state index in [0.717, 1.165) is 4.41 Å². The third-order valence-electron chi connectivity index (χ3n) is 4.19. The maximum Gasteiger partial charge on any atom is 0.279 e. The average Bonchev–Trinajstić information content (AvgIpc) is 3.32. The molecule has 7 heteroatoms. The van der Waals surface area contributed by atoms with Gasteiger partial charge in [-0.25, -0.2) is 4.39 Å². The standard InChI is InChI=1S/C19H15FN2O3S/c20-15-7-4-6-14(12-15)17-13-18(19-10-5-11-25-19)22(21-17)26(23,24)16-8-2-1-3-9-16/h1-12,18H,13H2/t18-/m1/s1. The summed E-state index contributed by atoms with van der Waals surface area (Å²) in [7, 11) is -3.87. The van der Waals surface area contributed by atoms with Gasteiger partial charge in [0.25, 0.3) is 10.0 Å². The molecule has 0 bridgehead atoms. The van der Waals surface area contributed by atoms with E-state index in [0.29, 0.717) is 23.5 Å². The highest BCUT2D eigenvalue weighted by Gasteiger charge is 2.39. The number of furan rings is 1. The van der Waals surface area contributed by atoms with E-state index in [1.165, 1.54) is 30.5 Å². The first-order valence-electron chi connectivity index (χ1n) is 8.02. The quantitative estimate of drug-likeness (QED) is 0.698. The first-order chi connectivity index (χ1) is 12.6. The van der Waals surface area contributed by atoms with Gasteiger partial charge in [0.1, 0.15) is 17.6 Å². The fourth-order valence-corrected chi connectivity index (χ4v) is 4.38. The van der Waals surface area contributed by atoms with E-state index in [-0.39, 0.29) is 4.90 Å². The zero-order valence-corrected chi connectivity index (χ0v) is 14.4. The Labute approximate surface area is 150 Å². The molecule has 0 radical (unpaired) electrons. The summed E-state index contributed by atoms with van der Waals surface area (Å²) >= 11 is 0. The Hall–Kier alpha value is -2.93. The van der Waals surface area contributed by atoms with Crippen LogP contribution in [0.15, 0.2) is 87.4 Å². The Kier molecular flexibility index (Phi) is 4.08. The number of hydrogen-bond acceptors (Lipinski definition) is 4. The predicted octanol–water partition coefficient (Wildman–Crippen LogP) is 3.96. The maximum absolute atomic E-state index is 13.6. The maximum atomic E-state index is 13.6. The smallest absolute Gasteiger partial charge is 0.279 e. The lowest BCUT2D eigenvalue weighted by Gasteiger charge is -2.21. The Morgan fingerprint density at radius 3 is 2.54 bits per heavy atom. The number of benzene rings is 2. The van der Waals surface area contributed by atoms with E-state index < -0.39 is 21.9 Å². The third kappa shape index (κ3) is 2.90. The van der Waals surface area contributed by atoms with Crippen molar-refractivity contribution >= 4 is 15.7 Å². The first-order valence-corrected chi connectivity index (χ1v) is 9.46. The minimum Gasteiger partial charge on any atom is -0.467 e. The van der Waals surface area contributed by atoms with E-state index in [1.54, 1.807) is 42.5 Å². The van der Waals surface area contributed by atoms with Crippen molar-refractivity contribution in [2.45, 2.75) is 17.4 Å². The third-order valence-corrected chi connectivity index (χ3v) is 5.89. The number of hydrazone groups is 1. The monoisotopic (exact) mass is 370 g/mol. The van der Waals surface area contributed by atoms with Crippen molar-refractivity contribution in [3.63, 3.8) is 0 Å². The Morgan fingerprint density at radius 2 is 1.85 bits per heavy atom. The highest BCUT2D eigenvalue weighted by molar-refractivity contribution is 7.89. The van der Waals surface area contributed by atoms with E-state index in [2.05, 4.69) is 5.10 Å². The van der Waals surface area contributed by atoms with Gasteiger partial charge in [-0.1, -0.05) is 30.3 Å². The van der Waals surface area contributed by atoms with Gasteiger partial charge in [0, 0.05) is 12.0 Å². The van der Waals surface area contributed by atoms with Gasteiger partial charge in [0.2, 0.25) is 0 Å². The van der Waals surface area contributed by atoms with Crippen LogP contribution in [0.2, 0.25) is 0 Å². The largest absolute Gasteiger partial charge is 0.467 e. The van der Waals surface area contributed by atoms with Crippen LogP contribution in [0.3, 0.4) is 0 Å². The van der Waals surface area contributed by atoms with Crippen molar-refractivity contribution in [1.29, 1.82) is 0 Å². The highest BCUT2D eigenvalue weighted by atomic mass is 32.2. The van der Waals surface area contributed by atoms with E-state index in [1.807, 2.05) is 0 Å². The summed E-state index contributed by atoms with van der Waals surface area (Å²) in [4.78, 5) is 0.140. The molecular weight excluding hydrogens is 355 g/mol. The summed E-state index contributed by atoms with van der Waals surface area (Å²) in [6, 6.07) is 16.8. The molecule has 0 saturated carbocycles. The van der Waals surface area contributed by atoms with Gasteiger partial charge in [-0.05, 0) is 36.4 Å². The van der Waals surface area contributed by atoms with Crippen LogP contribution in [0.4, 0.5) is 4.39 Å². The molecule has 2 heterocycles. The van der Waals surface area contributed by atoms with E-state index in [4.69, 9.17) is 4.42 Å². The molecule has 2 aromatic carbocycles. The number of halogens is 1. The molecule has 0 amide bonds. The molecule has 4 rings (SSSR count). The van der Waals surface area contributed by atoms with Gasteiger partial charge in [-0.2, -0.15) is 17.9 Å². The van der Waals surface area contributed by atoms with Gasteiger partial charge >= 0.3 is 0 Å². The van der Waals surface area contributed by atoms with Crippen LogP contribution >= 0.6 is 0 Å². The second kappa shape index (κ2) is 6.42. The van der Waals surface area contributed by atoms with Crippen LogP contribution < -0.4 is 0 Å². The van der Waals surface area contributed by atoms with E-state index >= 15 is 0 Å². The molecule has 3 aromatic rings. The topological polar surface area (TPSA) is 62.9 Å². The fraction of sp³-hybridized carbons (Fsp3) is 0.105. The Morgan fingerprint density at radius 1 is 1.04 bits per heavy atom. The van der Waals surface area contributed by atoms with Crippen molar-refractivity contribution in [2.75, 3.05) is 0 Å².